The molecule has 1 atom stereocenters. The van der Waals surface area contributed by atoms with E-state index in [1.54, 1.807) is 0 Å². The maximum Gasteiger partial charge on any atom is 0.0628 e. The average Bonchev–Trinajstić information content (AvgIpc) is 3.04. The number of nitrogens with one attached hydrogen (secondary N) is 1. The Kier molecular flexibility index (Phi) is 3.45. The molecule has 3 heteroatoms. The number of nitrogens with zero attached hydrogens (tertiary/aromatic N) is 1. The molecule has 1 unspecified atom stereocenters. The summed E-state index contributed by atoms with van der Waals surface area (Å²) in [6.45, 7) is 2.03. The largest absolute Gasteiger partial charge is 0.394 e. The van der Waals surface area contributed by atoms with E-state index >= 15 is 0 Å². The Morgan fingerprint density at radius 1 is 1.09 bits per heavy atom. The van der Waals surface area contributed by atoms with Gasteiger partial charge in [0.25, 0.3) is 0 Å². The third kappa shape index (κ3) is 2.23. The van der Waals surface area contributed by atoms with Gasteiger partial charge in [-0.1, -0.05) is 36.4 Å². The summed E-state index contributed by atoms with van der Waals surface area (Å²) in [7, 11) is 0. The van der Waals surface area contributed by atoms with Crippen molar-refractivity contribution in [3.05, 3.63) is 71.4 Å². The predicted octanol–water partition coefficient (Wildman–Crippen LogP) is 3.26. The van der Waals surface area contributed by atoms with Gasteiger partial charge in [-0.3, -0.25) is 4.90 Å². The van der Waals surface area contributed by atoms with Crippen LogP contribution in [-0.2, 0) is 13.0 Å². The van der Waals surface area contributed by atoms with E-state index in [9.17, 15) is 5.11 Å². The monoisotopic (exact) mass is 292 g/mol. The molecule has 0 saturated heterocycles. The number of fused-ring (bicyclic) bond motifs is 2. The minimum absolute atomic E-state index is 0.0964. The van der Waals surface area contributed by atoms with Gasteiger partial charge in [-0.05, 0) is 35.2 Å². The Morgan fingerprint density at radius 3 is 2.91 bits per heavy atom. The van der Waals surface area contributed by atoms with Crippen molar-refractivity contribution in [2.24, 2.45) is 0 Å². The molecule has 1 aliphatic rings. The average molecular weight is 292 g/mol. The Labute approximate surface area is 130 Å². The first-order valence-corrected chi connectivity index (χ1v) is 7.84. The van der Waals surface area contributed by atoms with E-state index in [0.717, 1.165) is 19.5 Å². The fraction of sp³-hybridized carbons (Fsp3) is 0.263. The molecule has 0 fully saturated rings. The van der Waals surface area contributed by atoms with Crippen LogP contribution >= 0.6 is 0 Å². The highest BCUT2D eigenvalue weighted by molar-refractivity contribution is 5.82. The fourth-order valence-electron chi connectivity index (χ4n) is 3.61. The number of rotatable bonds is 3. The lowest BCUT2D eigenvalue weighted by Gasteiger charge is -2.36. The normalized spacial score (nSPS) is 18.5. The molecule has 0 spiro atoms. The van der Waals surface area contributed by atoms with Gasteiger partial charge in [-0.25, -0.2) is 0 Å². The lowest BCUT2D eigenvalue weighted by atomic mass is 9.92. The second-order valence-electron chi connectivity index (χ2n) is 5.97. The highest BCUT2D eigenvalue weighted by Crippen LogP contribution is 2.31. The van der Waals surface area contributed by atoms with Gasteiger partial charge in [0.05, 0.1) is 12.6 Å². The zero-order valence-electron chi connectivity index (χ0n) is 12.5. The molecule has 2 N–H and O–H groups in total. The van der Waals surface area contributed by atoms with Crippen LogP contribution in [0.25, 0.3) is 10.9 Å². The molecule has 3 nitrogen and oxygen atoms in total. The van der Waals surface area contributed by atoms with Crippen molar-refractivity contribution >= 4 is 10.9 Å². The second-order valence-corrected chi connectivity index (χ2v) is 5.97. The smallest absolute Gasteiger partial charge is 0.0628 e. The van der Waals surface area contributed by atoms with Crippen molar-refractivity contribution in [3.63, 3.8) is 0 Å². The highest BCUT2D eigenvalue weighted by atomic mass is 16.3. The summed E-state index contributed by atoms with van der Waals surface area (Å²) >= 11 is 0. The van der Waals surface area contributed by atoms with Crippen molar-refractivity contribution in [1.82, 2.24) is 9.88 Å². The molecule has 2 heterocycles. The number of hydrogen-bond donors (Lipinski definition) is 2. The van der Waals surface area contributed by atoms with Gasteiger partial charge in [0.2, 0.25) is 0 Å². The van der Waals surface area contributed by atoms with Crippen molar-refractivity contribution in [2.45, 2.75) is 19.0 Å². The third-order valence-electron chi connectivity index (χ3n) is 4.75. The van der Waals surface area contributed by atoms with Crippen LogP contribution in [0.4, 0.5) is 0 Å². The van der Waals surface area contributed by atoms with Crippen molar-refractivity contribution in [1.29, 1.82) is 0 Å². The lowest BCUT2D eigenvalue weighted by Crippen LogP contribution is -2.36. The van der Waals surface area contributed by atoms with Gasteiger partial charge in [0.15, 0.2) is 0 Å². The summed E-state index contributed by atoms with van der Waals surface area (Å²) in [4.78, 5) is 5.66. The van der Waals surface area contributed by atoms with Crippen LogP contribution in [0.1, 0.15) is 22.7 Å². The van der Waals surface area contributed by atoms with E-state index in [4.69, 9.17) is 0 Å². The Balaban J connectivity index is 1.67. The SMILES string of the molecule is OCC1c2ccccc2CCN1Cc1cccc2[nH]ccc12. The van der Waals surface area contributed by atoms with Crippen molar-refractivity contribution in [2.75, 3.05) is 13.2 Å². The first-order chi connectivity index (χ1) is 10.9. The molecule has 4 rings (SSSR count). The van der Waals surface area contributed by atoms with Crippen LogP contribution in [0.2, 0.25) is 0 Å². The summed E-state index contributed by atoms with van der Waals surface area (Å²) in [5.41, 5.74) is 5.14. The van der Waals surface area contributed by atoms with Gasteiger partial charge in [-0.15, -0.1) is 0 Å². The van der Waals surface area contributed by atoms with Crippen LogP contribution in [0, 0.1) is 0 Å². The van der Waals surface area contributed by atoms with Gasteiger partial charge in [-0.2, -0.15) is 0 Å². The Bertz CT molecular complexity index is 793. The van der Waals surface area contributed by atoms with E-state index in [0.29, 0.717) is 0 Å². The molecule has 0 bridgehead atoms. The molecule has 0 radical (unpaired) electrons. The summed E-state index contributed by atoms with van der Waals surface area (Å²) in [6, 6.07) is 17.1. The van der Waals surface area contributed by atoms with Crippen molar-refractivity contribution < 1.29 is 5.11 Å². The zero-order chi connectivity index (χ0) is 14.9. The van der Waals surface area contributed by atoms with Gasteiger partial charge >= 0.3 is 0 Å². The molecular formula is C19H20N2O. The number of aromatic amines is 1. The molecule has 3 aromatic rings. The minimum Gasteiger partial charge on any atom is -0.394 e. The molecule has 2 aromatic carbocycles. The van der Waals surface area contributed by atoms with Crippen molar-refractivity contribution in [3.8, 4) is 0 Å². The van der Waals surface area contributed by atoms with E-state index in [1.165, 1.54) is 27.6 Å². The van der Waals surface area contributed by atoms with E-state index in [-0.39, 0.29) is 12.6 Å². The zero-order valence-corrected chi connectivity index (χ0v) is 12.5. The molecular weight excluding hydrogens is 272 g/mol. The number of benzene rings is 2. The quantitative estimate of drug-likeness (QED) is 0.778. The maximum absolute atomic E-state index is 9.91. The molecule has 1 aliphatic heterocycles. The van der Waals surface area contributed by atoms with Crippen LogP contribution in [0.15, 0.2) is 54.7 Å². The van der Waals surface area contributed by atoms with Gasteiger partial charge in [0.1, 0.15) is 0 Å². The van der Waals surface area contributed by atoms with E-state index in [1.807, 2.05) is 6.20 Å². The van der Waals surface area contributed by atoms with E-state index in [2.05, 4.69) is 58.4 Å². The minimum atomic E-state index is 0.0964. The maximum atomic E-state index is 9.91. The van der Waals surface area contributed by atoms with Crippen LogP contribution in [0.3, 0.4) is 0 Å². The number of hydrogen-bond acceptors (Lipinski definition) is 2. The number of H-pyrrole nitrogens is 1. The number of aromatic nitrogens is 1. The molecule has 0 amide bonds. The Morgan fingerprint density at radius 2 is 2.00 bits per heavy atom. The van der Waals surface area contributed by atoms with Crippen LogP contribution < -0.4 is 0 Å². The van der Waals surface area contributed by atoms with Gasteiger partial charge in [0, 0.05) is 30.2 Å². The summed E-state index contributed by atoms with van der Waals surface area (Å²) < 4.78 is 0. The summed E-state index contributed by atoms with van der Waals surface area (Å²) in [5, 5.41) is 11.2. The Hall–Kier alpha value is -2.10. The first-order valence-electron chi connectivity index (χ1n) is 7.84. The molecule has 0 saturated carbocycles. The van der Waals surface area contributed by atoms with E-state index < -0.39 is 0 Å². The number of aliphatic hydroxyl groups excluding tert-OH is 1. The fourth-order valence-corrected chi connectivity index (χ4v) is 3.61. The number of aliphatic hydroxyl groups is 1. The van der Waals surface area contributed by atoms with Crippen LogP contribution in [-0.4, -0.2) is 28.1 Å². The highest BCUT2D eigenvalue weighted by Gasteiger charge is 2.26. The molecule has 0 aliphatic carbocycles. The third-order valence-corrected chi connectivity index (χ3v) is 4.75. The standard InChI is InChI=1S/C19H20N2O/c22-13-19-17-6-2-1-4-14(17)9-11-21(19)12-15-5-3-7-18-16(15)8-10-20-18/h1-8,10,19-20,22H,9,11-13H2. The second kappa shape index (κ2) is 5.59. The first kappa shape index (κ1) is 13.6. The lowest BCUT2D eigenvalue weighted by molar-refractivity contribution is 0.108. The summed E-state index contributed by atoms with van der Waals surface area (Å²) in [5.74, 6) is 0. The predicted molar refractivity (Wildman–Crippen MR) is 88.7 cm³/mol. The van der Waals surface area contributed by atoms with Gasteiger partial charge < -0.3 is 10.1 Å². The molecule has 112 valence electrons. The molecule has 1 aromatic heterocycles. The summed E-state index contributed by atoms with van der Waals surface area (Å²) in [6.07, 6.45) is 3.04. The molecule has 22 heavy (non-hydrogen) atoms. The topological polar surface area (TPSA) is 39.3 Å². The van der Waals surface area contributed by atoms with Crippen LogP contribution in [0.5, 0.6) is 0 Å².